The first-order valence-corrected chi connectivity index (χ1v) is 12.3. The van der Waals surface area contributed by atoms with E-state index in [0.717, 1.165) is 18.7 Å². The van der Waals surface area contributed by atoms with E-state index in [1.807, 2.05) is 6.07 Å². The Morgan fingerprint density at radius 1 is 1.24 bits per heavy atom. The molecule has 0 spiro atoms. The van der Waals surface area contributed by atoms with Crippen LogP contribution in [0.2, 0.25) is 0 Å². The number of amides is 2. The van der Waals surface area contributed by atoms with Crippen LogP contribution in [0.1, 0.15) is 39.9 Å². The Morgan fingerprint density at radius 2 is 1.97 bits per heavy atom. The van der Waals surface area contributed by atoms with Gasteiger partial charge in [-0.15, -0.1) is 0 Å². The Kier molecular flexibility index (Phi) is 8.09. The maximum absolute atomic E-state index is 14.9. The Hall–Kier alpha value is -3.42. The zero-order chi connectivity index (χ0) is 27.5. The molecule has 1 saturated heterocycles. The van der Waals surface area contributed by atoms with Crippen molar-refractivity contribution in [3.8, 4) is 0 Å². The molecule has 2 heterocycles. The topological polar surface area (TPSA) is 152 Å². The monoisotopic (exact) mass is 530 g/mol. The molecule has 12 heteroatoms. The van der Waals surface area contributed by atoms with Crippen molar-refractivity contribution < 1.29 is 38.8 Å². The lowest BCUT2D eigenvalue weighted by atomic mass is 10.0. The number of aliphatic hydroxyl groups is 3. The molecule has 0 aliphatic carbocycles. The van der Waals surface area contributed by atoms with Crippen molar-refractivity contribution >= 4 is 23.8 Å². The molecule has 5 N–H and O–H groups in total. The van der Waals surface area contributed by atoms with Gasteiger partial charge >= 0.3 is 0 Å². The number of nitrogens with zero attached hydrogens (tertiary/aromatic N) is 2. The van der Waals surface area contributed by atoms with Crippen molar-refractivity contribution in [3.05, 3.63) is 64.5 Å². The SMILES string of the molecule is CNC(=O)C(O)(CCC=O)N1C(=O)c2cccc(NCc3ccc(CN4CCOCC4)cc3F)c2C1(O)O. The van der Waals surface area contributed by atoms with Crippen molar-refractivity contribution in [2.75, 3.05) is 38.7 Å². The van der Waals surface area contributed by atoms with Gasteiger partial charge in [0, 0.05) is 57.3 Å². The van der Waals surface area contributed by atoms with Crippen LogP contribution in [0, 0.1) is 5.82 Å². The van der Waals surface area contributed by atoms with Crippen LogP contribution in [-0.4, -0.2) is 82.3 Å². The standard InChI is InChI=1S/C26H31FN4O7/c1-28-24(34)25(35,8-3-11-32)31-23(33)19-4-2-5-21(22(19)26(31,36)37)29-15-18-7-6-17(14-20(18)27)16-30-9-12-38-13-10-30/h2,4-7,11,14,29,35-37H,3,8-10,12-13,15-16H2,1H3,(H,28,34). The van der Waals surface area contributed by atoms with E-state index in [1.54, 1.807) is 6.07 Å². The fourth-order valence-corrected chi connectivity index (χ4v) is 4.87. The zero-order valence-electron chi connectivity index (χ0n) is 20.9. The van der Waals surface area contributed by atoms with Crippen molar-refractivity contribution in [3.63, 3.8) is 0 Å². The van der Waals surface area contributed by atoms with Crippen LogP contribution in [0.4, 0.5) is 10.1 Å². The molecule has 2 aliphatic heterocycles. The number of likely N-dealkylation sites (N-methyl/N-ethyl adjacent to an activating group) is 1. The third-order valence-electron chi connectivity index (χ3n) is 6.81. The largest absolute Gasteiger partial charge is 0.380 e. The van der Waals surface area contributed by atoms with Crippen molar-refractivity contribution in [1.82, 2.24) is 15.1 Å². The Bertz CT molecular complexity index is 1220. The summed E-state index contributed by atoms with van der Waals surface area (Å²) in [5.41, 5.74) is -1.99. The van der Waals surface area contributed by atoms with Crippen LogP contribution in [0.3, 0.4) is 0 Å². The Labute approximate surface area is 218 Å². The third-order valence-corrected chi connectivity index (χ3v) is 6.81. The molecule has 11 nitrogen and oxygen atoms in total. The van der Waals surface area contributed by atoms with Gasteiger partial charge in [-0.05, 0) is 23.8 Å². The zero-order valence-corrected chi connectivity index (χ0v) is 20.9. The lowest BCUT2D eigenvalue weighted by Crippen LogP contribution is -2.64. The van der Waals surface area contributed by atoms with Gasteiger partial charge in [-0.25, -0.2) is 9.29 Å². The van der Waals surface area contributed by atoms with E-state index in [2.05, 4.69) is 15.5 Å². The first-order chi connectivity index (χ1) is 18.1. The maximum atomic E-state index is 14.9. The lowest BCUT2D eigenvalue weighted by Gasteiger charge is -2.40. The molecule has 1 unspecified atom stereocenters. The Balaban J connectivity index is 1.57. The van der Waals surface area contributed by atoms with Gasteiger partial charge in [-0.3, -0.25) is 14.5 Å². The molecule has 4 rings (SSSR count). The molecule has 1 fully saturated rings. The number of morpholine rings is 1. The molecule has 38 heavy (non-hydrogen) atoms. The minimum atomic E-state index is -3.11. The van der Waals surface area contributed by atoms with E-state index in [-0.39, 0.29) is 34.7 Å². The second-order valence-corrected chi connectivity index (χ2v) is 9.27. The minimum absolute atomic E-state index is 0.0464. The van der Waals surface area contributed by atoms with Crippen LogP contribution < -0.4 is 10.6 Å². The number of anilines is 1. The lowest BCUT2D eigenvalue weighted by molar-refractivity contribution is -0.301. The van der Waals surface area contributed by atoms with Gasteiger partial charge in [0.2, 0.25) is 5.72 Å². The van der Waals surface area contributed by atoms with Crippen LogP contribution in [-0.2, 0) is 33.3 Å². The molecule has 0 bridgehead atoms. The van der Waals surface area contributed by atoms with Gasteiger partial charge in [0.15, 0.2) is 0 Å². The number of carbonyl (C=O) groups is 3. The maximum Gasteiger partial charge on any atom is 0.283 e. The molecule has 2 aromatic carbocycles. The fraction of sp³-hybridized carbons (Fsp3) is 0.423. The van der Waals surface area contributed by atoms with Crippen molar-refractivity contribution in [2.24, 2.45) is 0 Å². The number of ether oxygens (including phenoxy) is 1. The number of halogens is 1. The second kappa shape index (κ2) is 11.1. The number of hydrogen-bond donors (Lipinski definition) is 5. The summed E-state index contributed by atoms with van der Waals surface area (Å²) in [6.45, 7) is 3.37. The summed E-state index contributed by atoms with van der Waals surface area (Å²) in [5, 5.41) is 38.4. The molecule has 0 saturated carbocycles. The van der Waals surface area contributed by atoms with Gasteiger partial charge in [-0.2, -0.15) is 0 Å². The summed E-state index contributed by atoms with van der Waals surface area (Å²) in [4.78, 5) is 39.1. The molecular weight excluding hydrogens is 499 g/mol. The highest BCUT2D eigenvalue weighted by molar-refractivity contribution is 6.04. The van der Waals surface area contributed by atoms with Gasteiger partial charge in [0.25, 0.3) is 17.7 Å². The summed E-state index contributed by atoms with van der Waals surface area (Å²) in [5.74, 6) is -5.68. The van der Waals surface area contributed by atoms with E-state index < -0.39 is 35.7 Å². The quantitative estimate of drug-likeness (QED) is 0.215. The number of rotatable bonds is 10. The highest BCUT2D eigenvalue weighted by Crippen LogP contribution is 2.44. The summed E-state index contributed by atoms with van der Waals surface area (Å²) in [6, 6.07) is 9.15. The molecule has 2 aliphatic rings. The molecule has 2 amide bonds. The fourth-order valence-electron chi connectivity index (χ4n) is 4.87. The van der Waals surface area contributed by atoms with Gasteiger partial charge in [-0.1, -0.05) is 18.2 Å². The predicted molar refractivity (Wildman–Crippen MR) is 133 cm³/mol. The summed E-state index contributed by atoms with van der Waals surface area (Å²) in [7, 11) is 1.20. The van der Waals surface area contributed by atoms with Gasteiger partial charge < -0.3 is 35.5 Å². The van der Waals surface area contributed by atoms with Gasteiger partial charge in [0.05, 0.1) is 24.3 Å². The number of nitrogens with one attached hydrogen (secondary N) is 2. The average Bonchev–Trinajstić information content (AvgIpc) is 3.12. The molecule has 0 aromatic heterocycles. The van der Waals surface area contributed by atoms with E-state index in [1.165, 1.54) is 31.3 Å². The van der Waals surface area contributed by atoms with Crippen LogP contribution in [0.5, 0.6) is 0 Å². The van der Waals surface area contributed by atoms with Crippen LogP contribution in [0.15, 0.2) is 36.4 Å². The number of aldehydes is 1. The predicted octanol–water partition coefficient (Wildman–Crippen LogP) is 0.234. The summed E-state index contributed by atoms with van der Waals surface area (Å²) >= 11 is 0. The molecule has 0 radical (unpaired) electrons. The average molecular weight is 531 g/mol. The summed E-state index contributed by atoms with van der Waals surface area (Å²) in [6.07, 6.45) is -0.457. The van der Waals surface area contributed by atoms with Gasteiger partial charge in [0.1, 0.15) is 12.1 Å². The third kappa shape index (κ3) is 5.13. The van der Waals surface area contributed by atoms with Crippen molar-refractivity contribution in [1.29, 1.82) is 0 Å². The minimum Gasteiger partial charge on any atom is -0.380 e. The van der Waals surface area contributed by atoms with E-state index in [9.17, 15) is 34.1 Å². The Morgan fingerprint density at radius 3 is 2.63 bits per heavy atom. The van der Waals surface area contributed by atoms with E-state index >= 15 is 0 Å². The number of hydrogen-bond acceptors (Lipinski definition) is 9. The highest BCUT2D eigenvalue weighted by atomic mass is 19.1. The van der Waals surface area contributed by atoms with Crippen LogP contribution >= 0.6 is 0 Å². The molecule has 2 aromatic rings. The van der Waals surface area contributed by atoms with Crippen LogP contribution in [0.25, 0.3) is 0 Å². The highest BCUT2D eigenvalue weighted by Gasteiger charge is 2.60. The number of benzene rings is 2. The van der Waals surface area contributed by atoms with E-state index in [0.29, 0.717) is 31.6 Å². The summed E-state index contributed by atoms with van der Waals surface area (Å²) < 4.78 is 20.2. The van der Waals surface area contributed by atoms with E-state index in [4.69, 9.17) is 4.74 Å². The van der Waals surface area contributed by atoms with Crippen molar-refractivity contribution in [2.45, 2.75) is 37.6 Å². The normalized spacial score (nSPS) is 18.6. The first kappa shape index (κ1) is 27.6. The first-order valence-electron chi connectivity index (χ1n) is 12.3. The molecular formula is C26H31FN4O7. The number of fused-ring (bicyclic) bond motifs is 1. The smallest absolute Gasteiger partial charge is 0.283 e. The second-order valence-electron chi connectivity index (χ2n) is 9.27. The molecule has 204 valence electrons. The number of carbonyl (C=O) groups excluding carboxylic acids is 3. The molecule has 1 atom stereocenters.